The van der Waals surface area contributed by atoms with Gasteiger partial charge in [0.2, 0.25) is 0 Å². The maximum absolute atomic E-state index is 12.3. The number of amides is 2. The molecular formula is C13H7ClN4O5. The van der Waals surface area contributed by atoms with E-state index in [1.165, 1.54) is 12.1 Å². The Balaban J connectivity index is 2.43. The molecule has 0 atom stereocenters. The summed E-state index contributed by atoms with van der Waals surface area (Å²) in [7, 11) is 0. The van der Waals surface area contributed by atoms with Gasteiger partial charge in [-0.2, -0.15) is 0 Å². The highest BCUT2D eigenvalue weighted by Gasteiger charge is 2.33. The average Bonchev–Trinajstić information content (AvgIpc) is 2.74. The van der Waals surface area contributed by atoms with Gasteiger partial charge in [-0.25, -0.2) is 0 Å². The van der Waals surface area contributed by atoms with Crippen LogP contribution in [0.5, 0.6) is 0 Å². The number of nitrogens with zero attached hydrogens (tertiary/aromatic N) is 2. The molecule has 2 heterocycles. The number of hydrogen-bond donors (Lipinski definition) is 2. The molecule has 0 radical (unpaired) electrons. The minimum atomic E-state index is -0.817. The van der Waals surface area contributed by atoms with Gasteiger partial charge in [-0.3, -0.25) is 34.4 Å². The van der Waals surface area contributed by atoms with Crippen LogP contribution in [0, 0.1) is 10.1 Å². The summed E-state index contributed by atoms with van der Waals surface area (Å²) in [4.78, 5) is 46.1. The van der Waals surface area contributed by atoms with E-state index in [9.17, 15) is 24.5 Å². The van der Waals surface area contributed by atoms with Gasteiger partial charge < -0.3 is 5.73 Å². The maximum atomic E-state index is 12.3. The Morgan fingerprint density at radius 3 is 2.57 bits per heavy atom. The van der Waals surface area contributed by atoms with E-state index in [1.807, 2.05) is 5.32 Å². The highest BCUT2D eigenvalue weighted by Crippen LogP contribution is 2.32. The van der Waals surface area contributed by atoms with Gasteiger partial charge in [-0.05, 0) is 6.07 Å². The summed E-state index contributed by atoms with van der Waals surface area (Å²) in [5.41, 5.74) is 3.88. The van der Waals surface area contributed by atoms with Crippen molar-refractivity contribution >= 4 is 34.9 Å². The molecule has 0 bridgehead atoms. The number of nitro groups is 1. The number of fused-ring (bicyclic) bond motifs is 1. The van der Waals surface area contributed by atoms with Crippen molar-refractivity contribution in [2.45, 2.75) is 0 Å². The van der Waals surface area contributed by atoms with E-state index in [2.05, 4.69) is 0 Å². The quantitative estimate of drug-likeness (QED) is 0.474. The van der Waals surface area contributed by atoms with E-state index in [0.717, 1.165) is 16.7 Å². The summed E-state index contributed by atoms with van der Waals surface area (Å²) in [5, 5.41) is 13.1. The van der Waals surface area contributed by atoms with Crippen LogP contribution in [0.3, 0.4) is 0 Å². The largest absolute Gasteiger partial charge is 0.384 e. The van der Waals surface area contributed by atoms with Crippen molar-refractivity contribution in [3.8, 4) is 5.69 Å². The number of pyridine rings is 1. The van der Waals surface area contributed by atoms with Crippen LogP contribution in [0.1, 0.15) is 20.7 Å². The van der Waals surface area contributed by atoms with Crippen molar-refractivity contribution in [2.75, 3.05) is 5.73 Å². The zero-order chi connectivity index (χ0) is 16.9. The number of anilines is 1. The third-order valence-corrected chi connectivity index (χ3v) is 3.64. The Morgan fingerprint density at radius 1 is 1.22 bits per heavy atom. The third-order valence-electron chi connectivity index (χ3n) is 3.34. The summed E-state index contributed by atoms with van der Waals surface area (Å²) >= 11 is 5.98. The molecule has 3 rings (SSSR count). The molecule has 1 aliphatic heterocycles. The molecule has 23 heavy (non-hydrogen) atoms. The Hall–Kier alpha value is -3.20. The van der Waals surface area contributed by atoms with Gasteiger partial charge in [-0.1, -0.05) is 17.7 Å². The first-order valence-electron chi connectivity index (χ1n) is 6.17. The lowest BCUT2D eigenvalue weighted by molar-refractivity contribution is -0.384. The minimum Gasteiger partial charge on any atom is -0.384 e. The van der Waals surface area contributed by atoms with Gasteiger partial charge in [0.05, 0.1) is 21.1 Å². The summed E-state index contributed by atoms with van der Waals surface area (Å²) in [6.07, 6.45) is 0. The van der Waals surface area contributed by atoms with Crippen LogP contribution in [0.25, 0.3) is 5.69 Å². The Bertz CT molecular complexity index is 966. The lowest BCUT2D eigenvalue weighted by Gasteiger charge is -2.13. The van der Waals surface area contributed by atoms with Crippen molar-refractivity contribution in [1.29, 1.82) is 0 Å². The molecule has 1 aromatic carbocycles. The van der Waals surface area contributed by atoms with Crippen molar-refractivity contribution in [3.63, 3.8) is 0 Å². The number of nitrogens with two attached hydrogens (primary N) is 1. The van der Waals surface area contributed by atoms with Crippen LogP contribution < -0.4 is 16.6 Å². The van der Waals surface area contributed by atoms with Crippen LogP contribution in [-0.2, 0) is 0 Å². The molecule has 1 aromatic heterocycles. The van der Waals surface area contributed by atoms with Crippen LogP contribution in [0.4, 0.5) is 11.5 Å². The number of para-hydroxylation sites is 1. The molecule has 10 heteroatoms. The minimum absolute atomic E-state index is 0.0994. The van der Waals surface area contributed by atoms with Crippen molar-refractivity contribution in [2.24, 2.45) is 0 Å². The van der Waals surface area contributed by atoms with Crippen LogP contribution in [0.15, 0.2) is 29.1 Å². The van der Waals surface area contributed by atoms with Gasteiger partial charge in [0.1, 0.15) is 11.5 Å². The van der Waals surface area contributed by atoms with Gasteiger partial charge in [-0.15, -0.1) is 0 Å². The Kier molecular flexibility index (Phi) is 3.15. The fraction of sp³-hybridized carbons (Fsp3) is 0. The molecule has 0 aliphatic carbocycles. The predicted octanol–water partition coefficient (Wildman–Crippen LogP) is 0.865. The molecule has 0 saturated carbocycles. The SMILES string of the molecule is Nc1c2c(cc(=O)n1-c1c(Cl)cccc1[N+](=O)[O-])C(=O)NC2=O. The number of nitrogen functional groups attached to an aromatic ring is 1. The number of imide groups is 1. The summed E-state index contributed by atoms with van der Waals surface area (Å²) in [6.45, 7) is 0. The molecule has 0 fully saturated rings. The summed E-state index contributed by atoms with van der Waals surface area (Å²) < 4.78 is 0.747. The Morgan fingerprint density at radius 2 is 1.91 bits per heavy atom. The number of aromatic nitrogens is 1. The van der Waals surface area contributed by atoms with Crippen molar-refractivity contribution in [3.05, 3.63) is 60.9 Å². The zero-order valence-electron chi connectivity index (χ0n) is 11.2. The van der Waals surface area contributed by atoms with Crippen LogP contribution >= 0.6 is 11.6 Å². The first-order chi connectivity index (χ1) is 10.8. The van der Waals surface area contributed by atoms with Crippen molar-refractivity contribution < 1.29 is 14.5 Å². The second kappa shape index (κ2) is 4.92. The monoisotopic (exact) mass is 334 g/mol. The summed E-state index contributed by atoms with van der Waals surface area (Å²) in [6, 6.07) is 4.72. The standard InChI is InChI=1S/C13H7ClN4O5/c14-6-2-1-3-7(18(22)23)10(6)17-8(19)4-5-9(11(17)15)13(21)16-12(5)20/h1-4H,15H2,(H,16,20,21). The smallest absolute Gasteiger partial charge is 0.294 e. The average molecular weight is 335 g/mol. The number of carbonyl (C=O) groups excluding carboxylic acids is 2. The molecule has 0 saturated heterocycles. The topological polar surface area (TPSA) is 137 Å². The van der Waals surface area contributed by atoms with Gasteiger partial charge in [0.15, 0.2) is 0 Å². The van der Waals surface area contributed by atoms with Crippen LogP contribution in [0.2, 0.25) is 5.02 Å². The molecule has 3 N–H and O–H groups in total. The fourth-order valence-corrected chi connectivity index (χ4v) is 2.64. The highest BCUT2D eigenvalue weighted by atomic mass is 35.5. The molecule has 0 spiro atoms. The first-order valence-corrected chi connectivity index (χ1v) is 6.55. The van der Waals surface area contributed by atoms with Crippen molar-refractivity contribution in [1.82, 2.24) is 9.88 Å². The Labute approximate surface area is 132 Å². The zero-order valence-corrected chi connectivity index (χ0v) is 12.0. The molecular weight excluding hydrogens is 328 g/mol. The van der Waals surface area contributed by atoms with E-state index < -0.39 is 33.8 Å². The van der Waals surface area contributed by atoms with E-state index in [4.69, 9.17) is 17.3 Å². The molecule has 1 aliphatic rings. The molecule has 116 valence electrons. The summed E-state index contributed by atoms with van der Waals surface area (Å²) in [5.74, 6) is -1.94. The maximum Gasteiger partial charge on any atom is 0.294 e. The highest BCUT2D eigenvalue weighted by molar-refractivity contribution is 6.33. The number of hydrogen-bond acceptors (Lipinski definition) is 6. The lowest BCUT2D eigenvalue weighted by Crippen LogP contribution is -2.25. The molecule has 2 aromatic rings. The predicted molar refractivity (Wildman–Crippen MR) is 79.9 cm³/mol. The van der Waals surface area contributed by atoms with Gasteiger partial charge >= 0.3 is 0 Å². The fourth-order valence-electron chi connectivity index (χ4n) is 2.38. The van der Waals surface area contributed by atoms with E-state index >= 15 is 0 Å². The van der Waals surface area contributed by atoms with E-state index in [-0.39, 0.29) is 21.8 Å². The number of nitro benzene ring substituents is 1. The van der Waals surface area contributed by atoms with Gasteiger partial charge in [0.25, 0.3) is 23.1 Å². The molecule has 9 nitrogen and oxygen atoms in total. The lowest BCUT2D eigenvalue weighted by atomic mass is 10.1. The number of nitrogens with one attached hydrogen (secondary N) is 1. The molecule has 0 unspecified atom stereocenters. The third kappa shape index (κ3) is 2.06. The second-order valence-corrected chi connectivity index (χ2v) is 5.05. The number of rotatable bonds is 2. The number of benzene rings is 1. The molecule has 2 amide bonds. The second-order valence-electron chi connectivity index (χ2n) is 4.64. The van der Waals surface area contributed by atoms with E-state index in [1.54, 1.807) is 0 Å². The van der Waals surface area contributed by atoms with Gasteiger partial charge in [0, 0.05) is 12.1 Å². The first kappa shape index (κ1) is 14.7. The van der Waals surface area contributed by atoms with E-state index in [0.29, 0.717) is 0 Å². The van der Waals surface area contributed by atoms with Crippen LogP contribution in [-0.4, -0.2) is 21.3 Å². The normalized spacial score (nSPS) is 12.9. The number of halogens is 1. The number of carbonyl (C=O) groups is 2.